The van der Waals surface area contributed by atoms with Crippen LogP contribution in [0.15, 0.2) is 101 Å². The van der Waals surface area contributed by atoms with Crippen molar-refractivity contribution in [2.24, 2.45) is 10.2 Å². The quantitative estimate of drug-likeness (QED) is 0.0953. The Labute approximate surface area is 247 Å². The summed E-state index contributed by atoms with van der Waals surface area (Å²) in [6.45, 7) is 0.534. The van der Waals surface area contributed by atoms with E-state index in [1.165, 1.54) is 22.1 Å². The van der Waals surface area contributed by atoms with Crippen LogP contribution < -0.4 is 42.7 Å². The summed E-state index contributed by atoms with van der Waals surface area (Å²) in [6, 6.07) is 31.9. The second-order valence-corrected chi connectivity index (χ2v) is 13.1. The van der Waals surface area contributed by atoms with Gasteiger partial charge in [0.1, 0.15) is 23.2 Å². The van der Waals surface area contributed by atoms with Crippen molar-refractivity contribution in [3.63, 3.8) is 0 Å². The Kier molecular flexibility index (Phi) is 12.6. The van der Waals surface area contributed by atoms with Gasteiger partial charge in [0.15, 0.2) is 10.2 Å². The Morgan fingerprint density at radius 3 is 1.70 bits per heavy atom. The molecule has 0 heterocycles. The number of carbonyl (C=O) groups excluding carboxylic acids is 1. The molecule has 0 saturated carbocycles. The largest absolute Gasteiger partial charge is 0.364 e. The number of amides is 1. The standard InChI is InChI=1S/C29H34N7OPS2/c1-30-28(39)35-33-22-23(34-36-29(40)31-2)18-19-27(37)32-20-21-38(24-12-6-3-7-13-24,25-14-8-4-9-15-25)26-16-10-5-11-17-26/h3-17,22H,18-21H2,1-2H3,(H4-,30,31,32,33,34,35,36,37,39,40)/p+1. The normalized spacial score (nSPS) is 11.5. The average Bonchev–Trinajstić information content (AvgIpc) is 3.01. The first kappa shape index (κ1) is 30.8. The summed E-state index contributed by atoms with van der Waals surface area (Å²) in [5.74, 6) is -0.0664. The maximum absolute atomic E-state index is 13.0. The SMILES string of the molecule is CNC(=S)N/N=C/C(CCC(=O)NCC[P+](c1ccccc1)(c1ccccc1)c1ccccc1)=N/NC(=S)NC. The molecule has 0 aliphatic heterocycles. The number of benzene rings is 3. The first-order valence-corrected chi connectivity index (χ1v) is 15.7. The van der Waals surface area contributed by atoms with Gasteiger partial charge in [-0.25, -0.2) is 0 Å². The molecule has 1 amide bonds. The minimum Gasteiger partial charge on any atom is -0.364 e. The molecule has 0 aliphatic rings. The van der Waals surface area contributed by atoms with Gasteiger partial charge in [-0.05, 0) is 60.8 Å². The smallest absolute Gasteiger partial charge is 0.220 e. The maximum atomic E-state index is 13.0. The molecular formula is C29H35N7OPS2+. The lowest BCUT2D eigenvalue weighted by Crippen LogP contribution is -2.38. The molecule has 8 nitrogen and oxygen atoms in total. The van der Waals surface area contributed by atoms with Crippen molar-refractivity contribution in [2.75, 3.05) is 26.8 Å². The van der Waals surface area contributed by atoms with E-state index in [0.29, 0.717) is 28.9 Å². The van der Waals surface area contributed by atoms with Gasteiger partial charge in [-0.2, -0.15) is 10.2 Å². The fourth-order valence-electron chi connectivity index (χ4n) is 4.12. The molecule has 40 heavy (non-hydrogen) atoms. The van der Waals surface area contributed by atoms with Crippen LogP contribution in [0.4, 0.5) is 0 Å². The Bertz CT molecular complexity index is 1210. The summed E-state index contributed by atoms with van der Waals surface area (Å²) in [6.07, 6.45) is 2.91. The van der Waals surface area contributed by atoms with Crippen LogP contribution >= 0.6 is 31.7 Å². The number of rotatable bonds is 12. The molecule has 0 aliphatic carbocycles. The molecular weight excluding hydrogens is 557 g/mol. The number of nitrogens with zero attached hydrogens (tertiary/aromatic N) is 2. The van der Waals surface area contributed by atoms with Gasteiger partial charge in [0, 0.05) is 26.9 Å². The highest BCUT2D eigenvalue weighted by Gasteiger charge is 2.44. The van der Waals surface area contributed by atoms with Gasteiger partial charge >= 0.3 is 0 Å². The third kappa shape index (κ3) is 8.91. The summed E-state index contributed by atoms with van der Waals surface area (Å²) >= 11 is 10.1. The number of nitrogens with one attached hydrogen (secondary N) is 5. The Hall–Kier alpha value is -3.72. The topological polar surface area (TPSA) is 102 Å². The highest BCUT2D eigenvalue weighted by Crippen LogP contribution is 2.54. The van der Waals surface area contributed by atoms with Crippen molar-refractivity contribution < 1.29 is 4.79 Å². The molecule has 3 aromatic rings. The van der Waals surface area contributed by atoms with Crippen LogP contribution in [-0.4, -0.2) is 54.9 Å². The lowest BCUT2D eigenvalue weighted by Gasteiger charge is -2.27. The van der Waals surface area contributed by atoms with E-state index in [1.807, 2.05) is 18.2 Å². The van der Waals surface area contributed by atoms with Crippen molar-refractivity contribution in [3.05, 3.63) is 91.0 Å². The molecule has 3 aromatic carbocycles. The fraction of sp³-hybridized carbons (Fsp3) is 0.207. The van der Waals surface area contributed by atoms with E-state index < -0.39 is 7.26 Å². The van der Waals surface area contributed by atoms with E-state index in [0.717, 1.165) is 6.16 Å². The first-order chi connectivity index (χ1) is 19.5. The molecule has 0 unspecified atom stereocenters. The highest BCUT2D eigenvalue weighted by molar-refractivity contribution is 7.95. The number of hydrazone groups is 2. The Balaban J connectivity index is 1.75. The Morgan fingerprint density at radius 1 is 0.750 bits per heavy atom. The number of carbonyl (C=O) groups is 1. The summed E-state index contributed by atoms with van der Waals surface area (Å²) in [5, 5.41) is 21.6. The molecule has 0 atom stereocenters. The fourth-order valence-corrected chi connectivity index (χ4v) is 8.38. The lowest BCUT2D eigenvalue weighted by molar-refractivity contribution is -0.120. The second kappa shape index (κ2) is 16.4. The van der Waals surface area contributed by atoms with Crippen LogP contribution in [0.1, 0.15) is 12.8 Å². The van der Waals surface area contributed by atoms with Gasteiger partial charge in [0.25, 0.3) is 0 Å². The van der Waals surface area contributed by atoms with Crippen molar-refractivity contribution in [1.29, 1.82) is 0 Å². The molecule has 0 saturated heterocycles. The summed E-state index contributed by atoms with van der Waals surface area (Å²) in [7, 11) is 1.37. The average molecular weight is 593 g/mol. The van der Waals surface area contributed by atoms with Crippen LogP contribution in [0.5, 0.6) is 0 Å². The monoisotopic (exact) mass is 592 g/mol. The predicted molar refractivity (Wildman–Crippen MR) is 178 cm³/mol. The van der Waals surface area contributed by atoms with Gasteiger partial charge in [-0.1, -0.05) is 54.6 Å². The summed E-state index contributed by atoms with van der Waals surface area (Å²) < 4.78 is 0. The molecule has 11 heteroatoms. The minimum absolute atomic E-state index is 0.0664. The zero-order valence-corrected chi connectivity index (χ0v) is 25.2. The number of hydrogen-bond donors (Lipinski definition) is 5. The number of hydrogen-bond acceptors (Lipinski definition) is 5. The molecule has 3 rings (SSSR count). The van der Waals surface area contributed by atoms with Crippen LogP contribution in [0.3, 0.4) is 0 Å². The predicted octanol–water partition coefficient (Wildman–Crippen LogP) is 2.41. The van der Waals surface area contributed by atoms with Crippen molar-refractivity contribution >= 4 is 75.7 Å². The highest BCUT2D eigenvalue weighted by atomic mass is 32.1. The zero-order valence-electron chi connectivity index (χ0n) is 22.6. The van der Waals surface area contributed by atoms with Gasteiger partial charge in [0.05, 0.1) is 24.6 Å². The number of thiocarbonyl (C=S) groups is 2. The van der Waals surface area contributed by atoms with E-state index in [1.54, 1.807) is 14.1 Å². The van der Waals surface area contributed by atoms with E-state index in [4.69, 9.17) is 24.4 Å². The van der Waals surface area contributed by atoms with E-state index in [2.05, 4.69) is 110 Å². The van der Waals surface area contributed by atoms with Gasteiger partial charge in [-0.15, -0.1) is 0 Å². The van der Waals surface area contributed by atoms with Crippen LogP contribution in [0.2, 0.25) is 0 Å². The third-order valence-corrected chi connectivity index (χ3v) is 11.1. The summed E-state index contributed by atoms with van der Waals surface area (Å²) in [5.41, 5.74) is 5.97. The summed E-state index contributed by atoms with van der Waals surface area (Å²) in [4.78, 5) is 13.0. The molecule has 0 spiro atoms. The van der Waals surface area contributed by atoms with Gasteiger partial charge < -0.3 is 16.0 Å². The van der Waals surface area contributed by atoms with Gasteiger partial charge in [-0.3, -0.25) is 15.6 Å². The van der Waals surface area contributed by atoms with E-state index in [9.17, 15) is 4.79 Å². The molecule has 5 N–H and O–H groups in total. The Morgan fingerprint density at radius 2 is 1.23 bits per heavy atom. The van der Waals surface area contributed by atoms with Crippen LogP contribution in [0.25, 0.3) is 0 Å². The van der Waals surface area contributed by atoms with Crippen molar-refractivity contribution in [1.82, 2.24) is 26.8 Å². The molecule has 0 bridgehead atoms. The second-order valence-electron chi connectivity index (χ2n) is 8.63. The molecule has 0 aromatic heterocycles. The molecule has 208 valence electrons. The van der Waals surface area contributed by atoms with Gasteiger partial charge in [0.2, 0.25) is 5.91 Å². The first-order valence-electron chi connectivity index (χ1n) is 12.9. The van der Waals surface area contributed by atoms with Crippen molar-refractivity contribution in [2.45, 2.75) is 12.8 Å². The molecule has 0 fully saturated rings. The van der Waals surface area contributed by atoms with Crippen LogP contribution in [0, 0.1) is 0 Å². The van der Waals surface area contributed by atoms with Crippen LogP contribution in [-0.2, 0) is 4.79 Å². The minimum atomic E-state index is -2.02. The van der Waals surface area contributed by atoms with Crippen molar-refractivity contribution in [3.8, 4) is 0 Å². The van der Waals surface area contributed by atoms with E-state index >= 15 is 0 Å². The maximum Gasteiger partial charge on any atom is 0.220 e. The third-order valence-electron chi connectivity index (χ3n) is 6.10. The lowest BCUT2D eigenvalue weighted by atomic mass is 10.2. The van der Waals surface area contributed by atoms with E-state index in [-0.39, 0.29) is 12.3 Å². The zero-order chi connectivity index (χ0) is 28.6. The molecule has 0 radical (unpaired) electrons.